The van der Waals surface area contributed by atoms with Crippen LogP contribution in [0.2, 0.25) is 0 Å². The fraction of sp³-hybridized carbons (Fsp3) is 0.400. The Balaban J connectivity index is 0.00000176. The number of rotatable bonds is 3. The molecule has 0 radical (unpaired) electrons. The lowest BCUT2D eigenvalue weighted by atomic mass is 10.1. The molecule has 0 aliphatic carbocycles. The van der Waals surface area contributed by atoms with E-state index in [0.717, 1.165) is 16.5 Å². The Morgan fingerprint density at radius 3 is 2.86 bits per heavy atom. The number of nitrogens with zero attached hydrogens (tertiary/aromatic N) is 2. The second kappa shape index (κ2) is 6.91. The van der Waals surface area contributed by atoms with E-state index in [1.54, 1.807) is 10.5 Å². The molecule has 0 bridgehead atoms. The van der Waals surface area contributed by atoms with Crippen molar-refractivity contribution in [3.8, 4) is 0 Å². The van der Waals surface area contributed by atoms with Crippen molar-refractivity contribution in [2.75, 3.05) is 19.6 Å². The second-order valence-corrected chi connectivity index (χ2v) is 7.43. The van der Waals surface area contributed by atoms with Crippen LogP contribution < -0.4 is 5.32 Å². The molecule has 1 aromatic carbocycles. The Bertz CT molecular complexity index is 746. The number of hydrogen-bond donors (Lipinski definition) is 1. The van der Waals surface area contributed by atoms with Gasteiger partial charge in [-0.3, -0.25) is 4.98 Å². The molecule has 2 heterocycles. The van der Waals surface area contributed by atoms with Crippen LogP contribution in [0.25, 0.3) is 10.9 Å². The van der Waals surface area contributed by atoms with Crippen molar-refractivity contribution in [2.24, 2.45) is 0 Å². The smallest absolute Gasteiger partial charge is 0.218 e. The Morgan fingerprint density at radius 2 is 2.09 bits per heavy atom. The molecule has 1 aliphatic heterocycles. The first-order valence-electron chi connectivity index (χ1n) is 7.10. The van der Waals surface area contributed by atoms with Crippen molar-refractivity contribution in [1.29, 1.82) is 0 Å². The van der Waals surface area contributed by atoms with Crippen molar-refractivity contribution in [2.45, 2.75) is 18.7 Å². The molecule has 0 saturated carbocycles. The number of benzene rings is 1. The van der Waals surface area contributed by atoms with E-state index in [1.165, 1.54) is 0 Å². The van der Waals surface area contributed by atoms with E-state index in [2.05, 4.69) is 10.3 Å². The maximum Gasteiger partial charge on any atom is 0.218 e. The van der Waals surface area contributed by atoms with Crippen molar-refractivity contribution in [3.05, 3.63) is 42.1 Å². The Kier molecular flexibility index (Phi) is 5.39. The minimum absolute atomic E-state index is 0. The minimum atomic E-state index is -3.31. The number of halogens is 1. The van der Waals surface area contributed by atoms with E-state index in [-0.39, 0.29) is 24.2 Å². The van der Waals surface area contributed by atoms with Gasteiger partial charge in [-0.05, 0) is 18.6 Å². The summed E-state index contributed by atoms with van der Waals surface area (Å²) in [5.74, 6) is 0.00801. The third-order valence-corrected chi connectivity index (χ3v) is 5.57. The molecular weight excluding hydrogens is 322 g/mol. The van der Waals surface area contributed by atoms with Gasteiger partial charge >= 0.3 is 0 Å². The second-order valence-electron chi connectivity index (χ2n) is 5.46. The average Bonchev–Trinajstić information content (AvgIpc) is 2.47. The van der Waals surface area contributed by atoms with E-state index in [4.69, 9.17) is 0 Å². The van der Waals surface area contributed by atoms with Crippen molar-refractivity contribution >= 4 is 33.3 Å². The van der Waals surface area contributed by atoms with Gasteiger partial charge in [-0.1, -0.05) is 24.3 Å². The molecule has 5 nitrogen and oxygen atoms in total. The molecule has 1 unspecified atom stereocenters. The standard InChI is InChI=1S/C15H19N3O2S.ClH/c1-12-10-18(9-8-16-12)21(19,20)11-14-5-2-4-13-6-3-7-17-15(13)14;/h2-7,12,16H,8-11H2,1H3;1H. The van der Waals surface area contributed by atoms with E-state index in [0.29, 0.717) is 19.6 Å². The average molecular weight is 342 g/mol. The van der Waals surface area contributed by atoms with Gasteiger partial charge in [0, 0.05) is 37.3 Å². The lowest BCUT2D eigenvalue weighted by Crippen LogP contribution is -2.51. The SMILES string of the molecule is CC1CN(S(=O)(=O)Cc2cccc3cccnc23)CCN1.Cl. The summed E-state index contributed by atoms with van der Waals surface area (Å²) >= 11 is 0. The van der Waals surface area contributed by atoms with Gasteiger partial charge in [0.05, 0.1) is 11.3 Å². The quantitative estimate of drug-likeness (QED) is 0.924. The van der Waals surface area contributed by atoms with E-state index >= 15 is 0 Å². The van der Waals surface area contributed by atoms with Crippen molar-refractivity contribution < 1.29 is 8.42 Å². The zero-order valence-electron chi connectivity index (χ0n) is 12.4. The maximum absolute atomic E-state index is 12.6. The summed E-state index contributed by atoms with van der Waals surface area (Å²) in [5.41, 5.74) is 1.53. The van der Waals surface area contributed by atoms with Gasteiger partial charge in [-0.15, -0.1) is 12.4 Å². The van der Waals surface area contributed by atoms with Gasteiger partial charge in [0.1, 0.15) is 0 Å². The Morgan fingerprint density at radius 1 is 1.32 bits per heavy atom. The zero-order valence-corrected chi connectivity index (χ0v) is 14.0. The molecule has 1 atom stereocenters. The summed E-state index contributed by atoms with van der Waals surface area (Å²) in [6.45, 7) is 3.76. The summed E-state index contributed by atoms with van der Waals surface area (Å²) in [7, 11) is -3.31. The highest BCUT2D eigenvalue weighted by Crippen LogP contribution is 2.20. The number of aromatic nitrogens is 1. The first kappa shape index (κ1) is 17.1. The lowest BCUT2D eigenvalue weighted by molar-refractivity contribution is 0.310. The van der Waals surface area contributed by atoms with Gasteiger partial charge < -0.3 is 5.32 Å². The van der Waals surface area contributed by atoms with Crippen LogP contribution in [0.5, 0.6) is 0 Å². The van der Waals surface area contributed by atoms with E-state index < -0.39 is 10.0 Å². The normalized spacial score (nSPS) is 19.8. The fourth-order valence-corrected chi connectivity index (χ4v) is 4.35. The van der Waals surface area contributed by atoms with Gasteiger partial charge in [0.2, 0.25) is 10.0 Å². The van der Waals surface area contributed by atoms with E-state index in [9.17, 15) is 8.42 Å². The highest BCUT2D eigenvalue weighted by molar-refractivity contribution is 7.88. The number of sulfonamides is 1. The summed E-state index contributed by atoms with van der Waals surface area (Å²) in [4.78, 5) is 4.33. The summed E-state index contributed by atoms with van der Waals surface area (Å²) in [6.07, 6.45) is 1.70. The molecule has 0 amide bonds. The van der Waals surface area contributed by atoms with Crippen LogP contribution in [-0.2, 0) is 15.8 Å². The number of hydrogen-bond acceptors (Lipinski definition) is 4. The van der Waals surface area contributed by atoms with Crippen LogP contribution in [0.4, 0.5) is 0 Å². The number of pyridine rings is 1. The first-order chi connectivity index (χ1) is 10.1. The van der Waals surface area contributed by atoms with Crippen LogP contribution in [0.15, 0.2) is 36.5 Å². The molecule has 0 spiro atoms. The van der Waals surface area contributed by atoms with Gasteiger partial charge in [0.15, 0.2) is 0 Å². The molecule has 1 aromatic heterocycles. The number of para-hydroxylation sites is 1. The van der Waals surface area contributed by atoms with Crippen LogP contribution in [-0.4, -0.2) is 43.4 Å². The number of nitrogens with one attached hydrogen (secondary N) is 1. The fourth-order valence-electron chi connectivity index (χ4n) is 2.72. The lowest BCUT2D eigenvalue weighted by Gasteiger charge is -2.31. The molecule has 1 fully saturated rings. The molecule has 7 heteroatoms. The number of fused-ring (bicyclic) bond motifs is 1. The van der Waals surface area contributed by atoms with Gasteiger partial charge in [-0.2, -0.15) is 4.31 Å². The Hall–Kier alpha value is -1.21. The molecule has 1 aliphatic rings. The minimum Gasteiger partial charge on any atom is -0.312 e. The van der Waals surface area contributed by atoms with E-state index in [1.807, 2.05) is 37.3 Å². The van der Waals surface area contributed by atoms with Crippen molar-refractivity contribution in [3.63, 3.8) is 0 Å². The molecule has 1 N–H and O–H groups in total. The third-order valence-electron chi connectivity index (χ3n) is 3.78. The van der Waals surface area contributed by atoms with Gasteiger partial charge in [0.25, 0.3) is 0 Å². The van der Waals surface area contributed by atoms with Gasteiger partial charge in [-0.25, -0.2) is 8.42 Å². The summed E-state index contributed by atoms with van der Waals surface area (Å²) in [6, 6.07) is 9.68. The highest BCUT2D eigenvalue weighted by Gasteiger charge is 2.27. The monoisotopic (exact) mass is 341 g/mol. The molecule has 3 rings (SSSR count). The Labute approximate surface area is 137 Å². The largest absolute Gasteiger partial charge is 0.312 e. The highest BCUT2D eigenvalue weighted by atomic mass is 35.5. The topological polar surface area (TPSA) is 62.3 Å². The van der Waals surface area contributed by atoms with Crippen LogP contribution in [0.3, 0.4) is 0 Å². The zero-order chi connectivity index (χ0) is 14.9. The summed E-state index contributed by atoms with van der Waals surface area (Å²) < 4.78 is 26.8. The molecular formula is C15H20ClN3O2S. The maximum atomic E-state index is 12.6. The van der Waals surface area contributed by atoms with Crippen LogP contribution in [0.1, 0.15) is 12.5 Å². The van der Waals surface area contributed by atoms with Crippen LogP contribution in [0, 0.1) is 0 Å². The predicted molar refractivity (Wildman–Crippen MR) is 90.7 cm³/mol. The molecule has 120 valence electrons. The predicted octanol–water partition coefficient (Wildman–Crippen LogP) is 1.78. The van der Waals surface area contributed by atoms with Crippen molar-refractivity contribution in [1.82, 2.24) is 14.6 Å². The third kappa shape index (κ3) is 3.57. The molecule has 22 heavy (non-hydrogen) atoms. The molecule has 1 saturated heterocycles. The molecule has 2 aromatic rings. The first-order valence-corrected chi connectivity index (χ1v) is 8.71. The number of piperazine rings is 1. The summed E-state index contributed by atoms with van der Waals surface area (Å²) in [5, 5.41) is 4.23. The van der Waals surface area contributed by atoms with Crippen LogP contribution >= 0.6 is 12.4 Å².